The molecule has 1 saturated heterocycles. The predicted molar refractivity (Wildman–Crippen MR) is 106 cm³/mol. The number of ether oxygens (including phenoxy) is 1. The number of rotatable bonds is 6. The van der Waals surface area contributed by atoms with Gasteiger partial charge in [0.2, 0.25) is 11.8 Å². The van der Waals surface area contributed by atoms with E-state index in [-0.39, 0.29) is 23.7 Å². The molecule has 0 bridgehead atoms. The van der Waals surface area contributed by atoms with Gasteiger partial charge in [-0.15, -0.1) is 0 Å². The lowest BCUT2D eigenvalue weighted by atomic mass is 9.94. The maximum atomic E-state index is 12.8. The molecule has 154 valence electrons. The van der Waals surface area contributed by atoms with Crippen molar-refractivity contribution < 1.29 is 19.1 Å². The van der Waals surface area contributed by atoms with E-state index in [0.29, 0.717) is 43.2 Å². The summed E-state index contributed by atoms with van der Waals surface area (Å²) < 4.78 is 4.62. The summed E-state index contributed by atoms with van der Waals surface area (Å²) in [4.78, 5) is 42.6. The number of carbonyl (C=O) groups is 3. The second-order valence-electron chi connectivity index (χ2n) is 7.27. The van der Waals surface area contributed by atoms with Gasteiger partial charge in [0.05, 0.1) is 12.1 Å². The molecule has 8 nitrogen and oxygen atoms in total. The molecule has 0 aromatic carbocycles. The summed E-state index contributed by atoms with van der Waals surface area (Å²) >= 11 is 5.79. The quantitative estimate of drug-likeness (QED) is 0.750. The molecule has 28 heavy (non-hydrogen) atoms. The lowest BCUT2D eigenvalue weighted by molar-refractivity contribution is -0.136. The number of anilines is 1. The molecule has 1 atom stereocenters. The second kappa shape index (κ2) is 10.3. The SMILES string of the molecule is COC(=O)NC(CC(C)C)C(=O)N1CCC(C(=O)Nc2ccc(Cl)cn2)CC1. The van der Waals surface area contributed by atoms with E-state index in [1.807, 2.05) is 13.8 Å². The van der Waals surface area contributed by atoms with Gasteiger partial charge in [0, 0.05) is 25.2 Å². The lowest BCUT2D eigenvalue weighted by Gasteiger charge is -2.34. The number of piperidine rings is 1. The third kappa shape index (κ3) is 6.37. The van der Waals surface area contributed by atoms with Crippen molar-refractivity contribution >= 4 is 35.3 Å². The molecule has 9 heteroatoms. The number of alkyl carbamates (subject to hydrolysis) is 1. The number of methoxy groups -OCH3 is 1. The molecule has 2 heterocycles. The van der Waals surface area contributed by atoms with Crippen LogP contribution in [-0.4, -0.2) is 54.0 Å². The zero-order chi connectivity index (χ0) is 20.7. The van der Waals surface area contributed by atoms with Crippen LogP contribution in [-0.2, 0) is 14.3 Å². The first-order chi connectivity index (χ1) is 13.3. The molecule has 1 aromatic rings. The monoisotopic (exact) mass is 410 g/mol. The highest BCUT2D eigenvalue weighted by Crippen LogP contribution is 2.21. The number of amides is 3. The summed E-state index contributed by atoms with van der Waals surface area (Å²) in [5.74, 6) is 0.234. The fraction of sp³-hybridized carbons (Fsp3) is 0.579. The van der Waals surface area contributed by atoms with E-state index in [1.165, 1.54) is 13.3 Å². The second-order valence-corrected chi connectivity index (χ2v) is 7.70. The summed E-state index contributed by atoms with van der Waals surface area (Å²) in [5.41, 5.74) is 0. The number of carbonyl (C=O) groups excluding carboxylic acids is 3. The third-order valence-corrected chi connectivity index (χ3v) is 4.86. The predicted octanol–water partition coefficient (Wildman–Crippen LogP) is 2.68. The molecule has 1 unspecified atom stereocenters. The molecule has 2 N–H and O–H groups in total. The largest absolute Gasteiger partial charge is 0.453 e. The van der Waals surface area contributed by atoms with Gasteiger partial charge in [0.1, 0.15) is 11.9 Å². The molecular weight excluding hydrogens is 384 g/mol. The smallest absolute Gasteiger partial charge is 0.407 e. The highest BCUT2D eigenvalue weighted by atomic mass is 35.5. The van der Waals surface area contributed by atoms with Crippen molar-refractivity contribution in [2.75, 3.05) is 25.5 Å². The molecule has 1 fully saturated rings. The van der Waals surface area contributed by atoms with Gasteiger partial charge >= 0.3 is 6.09 Å². The van der Waals surface area contributed by atoms with Gasteiger partial charge in [-0.3, -0.25) is 9.59 Å². The van der Waals surface area contributed by atoms with E-state index in [1.54, 1.807) is 17.0 Å². The highest BCUT2D eigenvalue weighted by molar-refractivity contribution is 6.30. The van der Waals surface area contributed by atoms with E-state index in [4.69, 9.17) is 11.6 Å². The molecule has 0 saturated carbocycles. The number of pyridine rings is 1. The molecular formula is C19H27ClN4O4. The van der Waals surface area contributed by atoms with Crippen molar-refractivity contribution in [3.63, 3.8) is 0 Å². The Balaban J connectivity index is 1.89. The fourth-order valence-electron chi connectivity index (χ4n) is 3.15. The number of halogens is 1. The van der Waals surface area contributed by atoms with Gasteiger partial charge in [-0.05, 0) is 37.3 Å². The Kier molecular flexibility index (Phi) is 8.04. The van der Waals surface area contributed by atoms with E-state index < -0.39 is 12.1 Å². The number of hydrogen-bond acceptors (Lipinski definition) is 5. The number of aromatic nitrogens is 1. The van der Waals surface area contributed by atoms with Gasteiger partial charge in [0.15, 0.2) is 0 Å². The molecule has 0 spiro atoms. The van der Waals surface area contributed by atoms with Crippen LogP contribution in [0.25, 0.3) is 0 Å². The van der Waals surface area contributed by atoms with Crippen LogP contribution in [0.2, 0.25) is 5.02 Å². The summed E-state index contributed by atoms with van der Waals surface area (Å²) in [7, 11) is 1.27. The van der Waals surface area contributed by atoms with Crippen molar-refractivity contribution in [3.8, 4) is 0 Å². The lowest BCUT2D eigenvalue weighted by Crippen LogP contribution is -2.51. The van der Waals surface area contributed by atoms with Crippen LogP contribution in [0.1, 0.15) is 33.1 Å². The molecule has 0 aliphatic carbocycles. The molecule has 0 radical (unpaired) electrons. The fourth-order valence-corrected chi connectivity index (χ4v) is 3.27. The van der Waals surface area contributed by atoms with Crippen molar-refractivity contribution in [1.29, 1.82) is 0 Å². The van der Waals surface area contributed by atoms with Crippen molar-refractivity contribution in [3.05, 3.63) is 23.4 Å². The minimum absolute atomic E-state index is 0.117. The molecule has 1 aliphatic heterocycles. The van der Waals surface area contributed by atoms with E-state index in [2.05, 4.69) is 20.4 Å². The highest BCUT2D eigenvalue weighted by Gasteiger charge is 2.32. The Bertz CT molecular complexity index is 688. The summed E-state index contributed by atoms with van der Waals surface area (Å²) in [6, 6.07) is 2.68. The van der Waals surface area contributed by atoms with E-state index in [9.17, 15) is 14.4 Å². The Morgan fingerprint density at radius 3 is 2.50 bits per heavy atom. The third-order valence-electron chi connectivity index (χ3n) is 4.64. The van der Waals surface area contributed by atoms with Crippen LogP contribution in [0.4, 0.5) is 10.6 Å². The average molecular weight is 411 g/mol. The van der Waals surface area contributed by atoms with Crippen molar-refractivity contribution in [2.45, 2.75) is 39.2 Å². The molecule has 1 aliphatic rings. The maximum absolute atomic E-state index is 12.8. The Morgan fingerprint density at radius 2 is 1.96 bits per heavy atom. The molecule has 1 aromatic heterocycles. The van der Waals surface area contributed by atoms with Crippen LogP contribution >= 0.6 is 11.6 Å². The van der Waals surface area contributed by atoms with Crippen LogP contribution in [0.15, 0.2) is 18.3 Å². The van der Waals surface area contributed by atoms with Gasteiger partial charge in [-0.1, -0.05) is 25.4 Å². The topological polar surface area (TPSA) is 101 Å². The maximum Gasteiger partial charge on any atom is 0.407 e. The zero-order valence-corrected chi connectivity index (χ0v) is 17.2. The van der Waals surface area contributed by atoms with Crippen LogP contribution in [0, 0.1) is 11.8 Å². The number of nitrogens with one attached hydrogen (secondary N) is 2. The van der Waals surface area contributed by atoms with Crippen molar-refractivity contribution in [2.24, 2.45) is 11.8 Å². The first kappa shape index (κ1) is 21.9. The minimum Gasteiger partial charge on any atom is -0.453 e. The summed E-state index contributed by atoms with van der Waals surface area (Å²) in [6.07, 6.45) is 2.48. The number of likely N-dealkylation sites (tertiary alicyclic amines) is 1. The van der Waals surface area contributed by atoms with Gasteiger partial charge < -0.3 is 20.3 Å². The summed E-state index contributed by atoms with van der Waals surface area (Å²) in [6.45, 7) is 4.89. The van der Waals surface area contributed by atoms with Crippen LogP contribution < -0.4 is 10.6 Å². The average Bonchev–Trinajstić information content (AvgIpc) is 2.68. The number of nitrogens with zero attached hydrogens (tertiary/aromatic N) is 2. The Hall–Kier alpha value is -2.35. The van der Waals surface area contributed by atoms with E-state index >= 15 is 0 Å². The standard InChI is InChI=1S/C19H27ClN4O4/c1-12(2)10-15(22-19(27)28-3)18(26)24-8-6-13(7-9-24)17(25)23-16-5-4-14(20)11-21-16/h4-5,11-13,15H,6-10H2,1-3H3,(H,22,27)(H,21,23,25). The zero-order valence-electron chi connectivity index (χ0n) is 16.4. The molecule has 3 amide bonds. The first-order valence-electron chi connectivity index (χ1n) is 9.35. The van der Waals surface area contributed by atoms with Crippen molar-refractivity contribution in [1.82, 2.24) is 15.2 Å². The van der Waals surface area contributed by atoms with Gasteiger partial charge in [-0.2, -0.15) is 0 Å². The minimum atomic E-state index is -0.629. The van der Waals surface area contributed by atoms with Crippen LogP contribution in [0.3, 0.4) is 0 Å². The Morgan fingerprint density at radius 1 is 1.29 bits per heavy atom. The normalized spacial score (nSPS) is 15.8. The Labute approximate surface area is 170 Å². The number of hydrogen-bond donors (Lipinski definition) is 2. The molecule has 2 rings (SSSR count). The van der Waals surface area contributed by atoms with Gasteiger partial charge in [0.25, 0.3) is 0 Å². The van der Waals surface area contributed by atoms with E-state index in [0.717, 1.165) is 0 Å². The summed E-state index contributed by atoms with van der Waals surface area (Å²) in [5, 5.41) is 5.90. The first-order valence-corrected chi connectivity index (χ1v) is 9.73. The van der Waals surface area contributed by atoms with Gasteiger partial charge in [-0.25, -0.2) is 9.78 Å². The van der Waals surface area contributed by atoms with Crippen LogP contribution in [0.5, 0.6) is 0 Å².